The molecule has 0 saturated heterocycles. The second kappa shape index (κ2) is 7.39. The van der Waals surface area contributed by atoms with E-state index in [0.717, 1.165) is 31.3 Å². The van der Waals surface area contributed by atoms with Crippen LogP contribution in [-0.2, 0) is 13.0 Å². The van der Waals surface area contributed by atoms with E-state index < -0.39 is 0 Å². The first-order chi connectivity index (χ1) is 9.28. The van der Waals surface area contributed by atoms with E-state index in [-0.39, 0.29) is 0 Å². The molecule has 0 amide bonds. The molecule has 0 bridgehead atoms. The van der Waals surface area contributed by atoms with Gasteiger partial charge in [-0.3, -0.25) is 0 Å². The summed E-state index contributed by atoms with van der Waals surface area (Å²) in [5, 5.41) is 4.94. The molecule has 1 aliphatic carbocycles. The smallest absolute Gasteiger partial charge is 0.0962 e. The van der Waals surface area contributed by atoms with Gasteiger partial charge in [0.15, 0.2) is 0 Å². The van der Waals surface area contributed by atoms with Crippen LogP contribution >= 0.6 is 11.3 Å². The van der Waals surface area contributed by atoms with E-state index in [1.54, 1.807) is 0 Å². The van der Waals surface area contributed by atoms with Gasteiger partial charge in [-0.15, -0.1) is 11.3 Å². The molecule has 108 valence electrons. The standard InChI is InChI=1S/C16H28N2S/c1-4-9-17-11-15-14(6-3)18-16(19-15)13-8-7-12(5-2)10-13/h12-13,17H,4-11H2,1-3H3. The van der Waals surface area contributed by atoms with Crippen LogP contribution in [0.15, 0.2) is 0 Å². The number of rotatable bonds is 7. The third kappa shape index (κ3) is 3.79. The molecular formula is C16H28N2S. The van der Waals surface area contributed by atoms with E-state index in [1.807, 2.05) is 11.3 Å². The van der Waals surface area contributed by atoms with Gasteiger partial charge >= 0.3 is 0 Å². The Morgan fingerprint density at radius 2 is 2.11 bits per heavy atom. The van der Waals surface area contributed by atoms with E-state index in [9.17, 15) is 0 Å². The van der Waals surface area contributed by atoms with Crippen LogP contribution in [0.5, 0.6) is 0 Å². The van der Waals surface area contributed by atoms with E-state index in [2.05, 4.69) is 26.1 Å². The fourth-order valence-electron chi connectivity index (χ4n) is 3.04. The van der Waals surface area contributed by atoms with E-state index >= 15 is 0 Å². The zero-order chi connectivity index (χ0) is 13.7. The summed E-state index contributed by atoms with van der Waals surface area (Å²) in [7, 11) is 0. The van der Waals surface area contributed by atoms with Gasteiger partial charge in [-0.2, -0.15) is 0 Å². The molecule has 0 radical (unpaired) electrons. The molecule has 3 heteroatoms. The lowest BCUT2D eigenvalue weighted by Gasteiger charge is -2.06. The van der Waals surface area contributed by atoms with Gasteiger partial charge in [0.05, 0.1) is 10.7 Å². The third-order valence-corrected chi connectivity index (χ3v) is 5.57. The van der Waals surface area contributed by atoms with E-state index in [0.29, 0.717) is 0 Å². The molecule has 2 unspecified atom stereocenters. The highest BCUT2D eigenvalue weighted by Gasteiger charge is 2.27. The fourth-order valence-corrected chi connectivity index (χ4v) is 4.31. The number of thiazole rings is 1. The molecule has 1 heterocycles. The number of aromatic nitrogens is 1. The number of aryl methyl sites for hydroxylation is 1. The predicted octanol–water partition coefficient (Wildman–Crippen LogP) is 4.50. The topological polar surface area (TPSA) is 24.9 Å². The Bertz CT molecular complexity index is 386. The van der Waals surface area contributed by atoms with Crippen molar-refractivity contribution in [1.29, 1.82) is 0 Å². The highest BCUT2D eigenvalue weighted by atomic mass is 32.1. The van der Waals surface area contributed by atoms with Crippen molar-refractivity contribution >= 4 is 11.3 Å². The third-order valence-electron chi connectivity index (χ3n) is 4.31. The first-order valence-electron chi connectivity index (χ1n) is 7.97. The summed E-state index contributed by atoms with van der Waals surface area (Å²) >= 11 is 1.97. The monoisotopic (exact) mass is 280 g/mol. The van der Waals surface area contributed by atoms with Crippen molar-refractivity contribution in [3.05, 3.63) is 15.6 Å². The molecule has 2 nitrogen and oxygen atoms in total. The minimum Gasteiger partial charge on any atom is -0.312 e. The minimum absolute atomic E-state index is 0.750. The fraction of sp³-hybridized carbons (Fsp3) is 0.812. The van der Waals surface area contributed by atoms with Crippen LogP contribution in [0.25, 0.3) is 0 Å². The molecule has 2 atom stereocenters. The number of nitrogens with zero attached hydrogens (tertiary/aromatic N) is 1. The van der Waals surface area contributed by atoms with Crippen molar-refractivity contribution in [3.8, 4) is 0 Å². The number of hydrogen-bond donors (Lipinski definition) is 1. The van der Waals surface area contributed by atoms with Crippen LogP contribution in [-0.4, -0.2) is 11.5 Å². The summed E-state index contributed by atoms with van der Waals surface area (Å²) in [6.45, 7) is 8.89. The molecule has 1 saturated carbocycles. The Hall–Kier alpha value is -0.410. The van der Waals surface area contributed by atoms with Gasteiger partial charge in [-0.05, 0) is 44.6 Å². The van der Waals surface area contributed by atoms with Crippen molar-refractivity contribution in [2.24, 2.45) is 5.92 Å². The average Bonchev–Trinajstić information content (AvgIpc) is 3.05. The molecule has 2 rings (SSSR count). The zero-order valence-corrected chi connectivity index (χ0v) is 13.5. The Morgan fingerprint density at radius 3 is 2.74 bits per heavy atom. The first-order valence-corrected chi connectivity index (χ1v) is 8.79. The highest BCUT2D eigenvalue weighted by molar-refractivity contribution is 7.11. The molecule has 0 aromatic carbocycles. The van der Waals surface area contributed by atoms with Gasteiger partial charge < -0.3 is 5.32 Å². The number of hydrogen-bond acceptors (Lipinski definition) is 3. The summed E-state index contributed by atoms with van der Waals surface area (Å²) in [6, 6.07) is 0. The van der Waals surface area contributed by atoms with E-state index in [4.69, 9.17) is 4.98 Å². The Kier molecular flexibility index (Phi) is 5.83. The van der Waals surface area contributed by atoms with Gasteiger partial charge in [-0.25, -0.2) is 4.98 Å². The summed E-state index contributed by atoms with van der Waals surface area (Å²) in [4.78, 5) is 6.41. The van der Waals surface area contributed by atoms with Crippen LogP contribution in [0.4, 0.5) is 0 Å². The normalized spacial score (nSPS) is 23.1. The maximum Gasteiger partial charge on any atom is 0.0962 e. The Balaban J connectivity index is 2.01. The molecule has 1 fully saturated rings. The van der Waals surface area contributed by atoms with Crippen LogP contribution in [0.3, 0.4) is 0 Å². The molecular weight excluding hydrogens is 252 g/mol. The molecule has 19 heavy (non-hydrogen) atoms. The number of nitrogens with one attached hydrogen (secondary N) is 1. The molecule has 0 spiro atoms. The lowest BCUT2D eigenvalue weighted by Crippen LogP contribution is -2.13. The predicted molar refractivity (Wildman–Crippen MR) is 83.9 cm³/mol. The summed E-state index contributed by atoms with van der Waals surface area (Å²) < 4.78 is 0. The van der Waals surface area contributed by atoms with Crippen molar-refractivity contribution in [1.82, 2.24) is 10.3 Å². The average molecular weight is 280 g/mol. The van der Waals surface area contributed by atoms with Crippen LogP contribution in [0.2, 0.25) is 0 Å². The maximum absolute atomic E-state index is 4.94. The minimum atomic E-state index is 0.750. The Morgan fingerprint density at radius 1 is 1.26 bits per heavy atom. The molecule has 0 aliphatic heterocycles. The summed E-state index contributed by atoms with van der Waals surface area (Å²) in [5.74, 6) is 1.70. The van der Waals surface area contributed by atoms with Crippen LogP contribution in [0.1, 0.15) is 74.4 Å². The van der Waals surface area contributed by atoms with Gasteiger partial charge in [0.2, 0.25) is 0 Å². The summed E-state index contributed by atoms with van der Waals surface area (Å²) in [6.07, 6.45) is 7.75. The van der Waals surface area contributed by atoms with Crippen molar-refractivity contribution in [2.75, 3.05) is 6.54 Å². The molecule has 1 aromatic heterocycles. The van der Waals surface area contributed by atoms with Gasteiger partial charge in [0.25, 0.3) is 0 Å². The second-order valence-corrected chi connectivity index (χ2v) is 6.85. The van der Waals surface area contributed by atoms with Gasteiger partial charge in [-0.1, -0.05) is 27.2 Å². The quantitative estimate of drug-likeness (QED) is 0.744. The van der Waals surface area contributed by atoms with Crippen LogP contribution < -0.4 is 5.32 Å². The van der Waals surface area contributed by atoms with Crippen LogP contribution in [0, 0.1) is 5.92 Å². The molecule has 1 aromatic rings. The van der Waals surface area contributed by atoms with Gasteiger partial charge in [0.1, 0.15) is 0 Å². The molecule has 1 N–H and O–H groups in total. The molecule has 1 aliphatic rings. The summed E-state index contributed by atoms with van der Waals surface area (Å²) in [5.41, 5.74) is 1.34. The van der Waals surface area contributed by atoms with E-state index in [1.165, 1.54) is 47.7 Å². The second-order valence-electron chi connectivity index (χ2n) is 5.74. The van der Waals surface area contributed by atoms with Crippen molar-refractivity contribution < 1.29 is 0 Å². The lowest BCUT2D eigenvalue weighted by atomic mass is 10.0. The SMILES string of the molecule is CCCNCc1sc(C2CCC(CC)C2)nc1CC. The van der Waals surface area contributed by atoms with Gasteiger partial charge in [0, 0.05) is 17.3 Å². The lowest BCUT2D eigenvalue weighted by molar-refractivity contribution is 0.521. The Labute approximate surface area is 122 Å². The van der Waals surface area contributed by atoms with Crippen molar-refractivity contribution in [3.63, 3.8) is 0 Å². The maximum atomic E-state index is 4.94. The highest BCUT2D eigenvalue weighted by Crippen LogP contribution is 2.41. The first kappa shape index (κ1) is 15.0. The van der Waals surface area contributed by atoms with Crippen molar-refractivity contribution in [2.45, 2.75) is 71.8 Å². The largest absolute Gasteiger partial charge is 0.312 e. The zero-order valence-electron chi connectivity index (χ0n) is 12.7.